The average Bonchev–Trinajstić information content (AvgIpc) is 2.94. The van der Waals surface area contributed by atoms with Crippen LogP contribution in [-0.4, -0.2) is 32.4 Å². The van der Waals surface area contributed by atoms with Crippen molar-refractivity contribution in [2.75, 3.05) is 5.75 Å². The lowest BCUT2D eigenvalue weighted by atomic mass is 10.2. The van der Waals surface area contributed by atoms with Crippen LogP contribution in [0.1, 0.15) is 33.9 Å². The normalized spacial score (nSPS) is 11.2. The van der Waals surface area contributed by atoms with Gasteiger partial charge in [-0.3, -0.25) is 4.79 Å². The Morgan fingerprint density at radius 1 is 1.07 bits per heavy atom. The van der Waals surface area contributed by atoms with Crippen LogP contribution in [-0.2, 0) is 4.79 Å². The summed E-state index contributed by atoms with van der Waals surface area (Å²) < 4.78 is 2.18. The van der Waals surface area contributed by atoms with Crippen molar-refractivity contribution in [2.45, 2.75) is 39.8 Å². The number of thioether (sulfide) groups is 1. The smallest absolute Gasteiger partial charge is 0.250 e. The molecule has 0 saturated heterocycles. The Hall–Kier alpha value is -2.93. The number of hydrazone groups is 1. The molecule has 6 nitrogen and oxygen atoms in total. The number of amides is 1. The van der Waals surface area contributed by atoms with Gasteiger partial charge in [-0.15, -0.1) is 0 Å². The van der Waals surface area contributed by atoms with E-state index in [0.29, 0.717) is 5.16 Å². The number of nitrogens with zero attached hydrogens (tertiary/aromatic N) is 4. The molecule has 29 heavy (non-hydrogen) atoms. The van der Waals surface area contributed by atoms with Crippen LogP contribution in [0.15, 0.2) is 46.7 Å². The molecule has 0 saturated carbocycles. The number of hydrogen-bond donors (Lipinski definition) is 1. The van der Waals surface area contributed by atoms with Crippen LogP contribution >= 0.6 is 11.8 Å². The van der Waals surface area contributed by atoms with E-state index < -0.39 is 0 Å². The van der Waals surface area contributed by atoms with Crippen molar-refractivity contribution >= 4 is 23.9 Å². The molecule has 0 atom stereocenters. The average molecular weight is 408 g/mol. The Kier molecular flexibility index (Phi) is 6.49. The summed E-state index contributed by atoms with van der Waals surface area (Å²) in [5.74, 6) is 0.0177. The fourth-order valence-electron chi connectivity index (χ4n) is 3.10. The van der Waals surface area contributed by atoms with Gasteiger partial charge in [0.05, 0.1) is 12.0 Å². The largest absolute Gasteiger partial charge is 0.318 e. The molecule has 0 fully saturated rings. The molecule has 0 aliphatic heterocycles. The van der Waals surface area contributed by atoms with Gasteiger partial charge in [0.15, 0.2) is 5.16 Å². The summed E-state index contributed by atoms with van der Waals surface area (Å²) in [5.41, 5.74) is 9.85. The second-order valence-corrected chi connectivity index (χ2v) is 7.96. The minimum atomic E-state index is -0.193. The van der Waals surface area contributed by atoms with E-state index in [4.69, 9.17) is 0 Å². The van der Waals surface area contributed by atoms with Crippen LogP contribution in [0, 0.1) is 34.6 Å². The summed E-state index contributed by atoms with van der Waals surface area (Å²) in [6.45, 7) is 10.0. The first-order valence-electron chi connectivity index (χ1n) is 9.36. The summed E-state index contributed by atoms with van der Waals surface area (Å²) in [5, 5.41) is 4.72. The van der Waals surface area contributed by atoms with Gasteiger partial charge in [0, 0.05) is 34.0 Å². The highest BCUT2D eigenvalue weighted by molar-refractivity contribution is 7.99. The van der Waals surface area contributed by atoms with Crippen LogP contribution in [0.4, 0.5) is 0 Å². The molecule has 0 aliphatic rings. The Bertz CT molecular complexity index is 1030. The molecule has 7 heteroatoms. The molecular formula is C22H25N5OS. The van der Waals surface area contributed by atoms with Crippen LogP contribution in [0.25, 0.3) is 5.69 Å². The molecule has 3 aromatic rings. The maximum atomic E-state index is 12.1. The van der Waals surface area contributed by atoms with Gasteiger partial charge in [0.2, 0.25) is 0 Å². The Labute approximate surface area is 175 Å². The molecule has 150 valence electrons. The third-order valence-corrected chi connectivity index (χ3v) is 5.30. The lowest BCUT2D eigenvalue weighted by Crippen LogP contribution is -2.19. The molecule has 1 aromatic carbocycles. The lowest BCUT2D eigenvalue weighted by Gasteiger charge is -2.09. The van der Waals surface area contributed by atoms with Crippen molar-refractivity contribution < 1.29 is 4.79 Å². The molecule has 0 bridgehead atoms. The van der Waals surface area contributed by atoms with E-state index in [1.165, 1.54) is 17.3 Å². The summed E-state index contributed by atoms with van der Waals surface area (Å²) in [6, 6.07) is 12.4. The third kappa shape index (κ3) is 5.32. The lowest BCUT2D eigenvalue weighted by molar-refractivity contribution is -0.118. The van der Waals surface area contributed by atoms with E-state index in [0.717, 1.165) is 34.0 Å². The highest BCUT2D eigenvalue weighted by Crippen LogP contribution is 2.20. The highest BCUT2D eigenvalue weighted by atomic mass is 32.2. The predicted octanol–water partition coefficient (Wildman–Crippen LogP) is 4.05. The standard InChI is InChI=1S/C22H25N5OS/c1-14-6-8-20(9-7-14)27-17(4)11-19(18(27)5)12-23-26-21(28)13-29-22-24-15(2)10-16(3)25-22/h6-12H,13H2,1-5H3,(H,26,28)/b23-12-. The van der Waals surface area contributed by atoms with Gasteiger partial charge in [0.1, 0.15) is 0 Å². The third-order valence-electron chi connectivity index (χ3n) is 4.45. The topological polar surface area (TPSA) is 72.2 Å². The monoisotopic (exact) mass is 407 g/mol. The zero-order chi connectivity index (χ0) is 21.0. The van der Waals surface area contributed by atoms with Gasteiger partial charge in [-0.25, -0.2) is 15.4 Å². The van der Waals surface area contributed by atoms with Crippen molar-refractivity contribution in [1.29, 1.82) is 0 Å². The van der Waals surface area contributed by atoms with Crippen molar-refractivity contribution in [3.63, 3.8) is 0 Å². The number of hydrogen-bond acceptors (Lipinski definition) is 5. The minimum Gasteiger partial charge on any atom is -0.318 e. The number of nitrogens with one attached hydrogen (secondary N) is 1. The van der Waals surface area contributed by atoms with E-state index in [1.807, 2.05) is 26.8 Å². The molecule has 0 unspecified atom stereocenters. The van der Waals surface area contributed by atoms with E-state index >= 15 is 0 Å². The van der Waals surface area contributed by atoms with Crippen LogP contribution in [0.3, 0.4) is 0 Å². The van der Waals surface area contributed by atoms with Crippen LogP contribution in [0.2, 0.25) is 0 Å². The number of benzene rings is 1. The van der Waals surface area contributed by atoms with Gasteiger partial charge < -0.3 is 4.57 Å². The van der Waals surface area contributed by atoms with Crippen LogP contribution < -0.4 is 5.43 Å². The highest BCUT2D eigenvalue weighted by Gasteiger charge is 2.10. The molecule has 3 rings (SSSR count). The SMILES string of the molecule is Cc1ccc(-n2c(C)cc(/C=N\NC(=O)CSc3nc(C)cc(C)n3)c2C)cc1. The van der Waals surface area contributed by atoms with Crippen molar-refractivity contribution in [2.24, 2.45) is 5.10 Å². The second-order valence-electron chi connectivity index (χ2n) is 7.01. The van der Waals surface area contributed by atoms with Gasteiger partial charge in [-0.2, -0.15) is 5.10 Å². The van der Waals surface area contributed by atoms with Crippen molar-refractivity contribution in [3.8, 4) is 5.69 Å². The molecule has 1 N–H and O–H groups in total. The summed E-state index contributed by atoms with van der Waals surface area (Å²) in [7, 11) is 0. The maximum Gasteiger partial charge on any atom is 0.250 e. The van der Waals surface area contributed by atoms with Gasteiger partial charge >= 0.3 is 0 Å². The number of carbonyl (C=O) groups excluding carboxylic acids is 1. The predicted molar refractivity (Wildman–Crippen MR) is 118 cm³/mol. The Morgan fingerprint density at radius 3 is 2.38 bits per heavy atom. The maximum absolute atomic E-state index is 12.1. The Balaban J connectivity index is 1.62. The van der Waals surface area contributed by atoms with Crippen LogP contribution in [0.5, 0.6) is 0 Å². The summed E-state index contributed by atoms with van der Waals surface area (Å²) >= 11 is 1.30. The number of carbonyl (C=O) groups is 1. The van der Waals surface area contributed by atoms with Gasteiger partial charge in [-0.05, 0) is 58.9 Å². The zero-order valence-electron chi connectivity index (χ0n) is 17.4. The molecule has 1 amide bonds. The fourth-order valence-corrected chi connectivity index (χ4v) is 3.85. The summed E-state index contributed by atoms with van der Waals surface area (Å²) in [6.07, 6.45) is 1.68. The van der Waals surface area contributed by atoms with E-state index in [-0.39, 0.29) is 11.7 Å². The first-order chi connectivity index (χ1) is 13.8. The van der Waals surface area contributed by atoms with Crippen molar-refractivity contribution in [1.82, 2.24) is 20.0 Å². The second kappa shape index (κ2) is 9.05. The number of aromatic nitrogens is 3. The first-order valence-corrected chi connectivity index (χ1v) is 10.3. The number of rotatable bonds is 6. The molecule has 2 aromatic heterocycles. The quantitative estimate of drug-likeness (QED) is 0.290. The fraction of sp³-hybridized carbons (Fsp3) is 0.273. The molecule has 0 aliphatic carbocycles. The Morgan fingerprint density at radius 2 is 1.72 bits per heavy atom. The molecule has 0 radical (unpaired) electrons. The zero-order valence-corrected chi connectivity index (χ0v) is 18.2. The van der Waals surface area contributed by atoms with E-state index in [2.05, 4.69) is 69.2 Å². The van der Waals surface area contributed by atoms with E-state index in [9.17, 15) is 4.79 Å². The minimum absolute atomic E-state index is 0.193. The molecule has 0 spiro atoms. The van der Waals surface area contributed by atoms with Gasteiger partial charge in [0.25, 0.3) is 5.91 Å². The van der Waals surface area contributed by atoms with E-state index in [1.54, 1.807) is 6.21 Å². The number of aryl methyl sites for hydroxylation is 4. The van der Waals surface area contributed by atoms with Crippen molar-refractivity contribution in [3.05, 3.63) is 70.3 Å². The van der Waals surface area contributed by atoms with Gasteiger partial charge in [-0.1, -0.05) is 29.5 Å². The molecular weight excluding hydrogens is 382 g/mol. The first kappa shape index (κ1) is 20.8. The molecule has 2 heterocycles. The summed E-state index contributed by atoms with van der Waals surface area (Å²) in [4.78, 5) is 20.7.